The van der Waals surface area contributed by atoms with E-state index < -0.39 is 0 Å². The van der Waals surface area contributed by atoms with Gasteiger partial charge in [-0.3, -0.25) is 9.89 Å². The van der Waals surface area contributed by atoms with Crippen LogP contribution in [0.15, 0.2) is 35.3 Å². The van der Waals surface area contributed by atoms with Gasteiger partial charge in [-0.2, -0.15) is 0 Å². The molecule has 1 unspecified atom stereocenters. The standard InChI is InChI=1S/C20H33N5/c1-17(16-22-20(21)23-18-8-4-2-5-9-18)24-12-14-25(15-13-24)19-10-6-3-7-11-19/h3,6-7,10-11,17-18H,2,4-5,8-9,12-16H2,1H3,(H3,21,22,23). The number of hydrogen-bond donors (Lipinski definition) is 2. The monoisotopic (exact) mass is 343 g/mol. The number of nitrogens with two attached hydrogens (primary N) is 1. The van der Waals surface area contributed by atoms with Gasteiger partial charge in [-0.25, -0.2) is 0 Å². The van der Waals surface area contributed by atoms with Crippen LogP contribution in [-0.4, -0.2) is 55.7 Å². The second-order valence-electron chi connectivity index (χ2n) is 7.41. The highest BCUT2D eigenvalue weighted by Crippen LogP contribution is 2.18. The van der Waals surface area contributed by atoms with Crippen LogP contribution in [0.25, 0.3) is 0 Å². The summed E-state index contributed by atoms with van der Waals surface area (Å²) < 4.78 is 0. The third kappa shape index (κ3) is 5.36. The van der Waals surface area contributed by atoms with Crippen LogP contribution in [0.5, 0.6) is 0 Å². The summed E-state index contributed by atoms with van der Waals surface area (Å²) in [4.78, 5) is 9.59. The van der Waals surface area contributed by atoms with E-state index in [2.05, 4.69) is 57.4 Å². The molecule has 3 N–H and O–H groups in total. The first-order valence-corrected chi connectivity index (χ1v) is 9.83. The minimum absolute atomic E-state index is 0.435. The second-order valence-corrected chi connectivity index (χ2v) is 7.41. The van der Waals surface area contributed by atoms with Gasteiger partial charge in [-0.05, 0) is 31.9 Å². The normalized spacial score (nSPS) is 22.0. The summed E-state index contributed by atoms with van der Waals surface area (Å²) in [5.41, 5.74) is 7.42. The van der Waals surface area contributed by atoms with Crippen molar-refractivity contribution in [2.45, 2.75) is 51.1 Å². The molecule has 1 heterocycles. The summed E-state index contributed by atoms with van der Waals surface area (Å²) in [6.07, 6.45) is 6.45. The van der Waals surface area contributed by atoms with E-state index in [0.29, 0.717) is 18.0 Å². The van der Waals surface area contributed by atoms with E-state index in [9.17, 15) is 0 Å². The topological polar surface area (TPSA) is 56.9 Å². The highest BCUT2D eigenvalue weighted by atomic mass is 15.3. The Kier molecular flexibility index (Phi) is 6.56. The molecule has 0 bridgehead atoms. The molecule has 1 aromatic rings. The number of piperazine rings is 1. The van der Waals surface area contributed by atoms with Crippen molar-refractivity contribution < 1.29 is 0 Å². The molecule has 1 saturated carbocycles. The fraction of sp³-hybridized carbons (Fsp3) is 0.650. The molecule has 138 valence electrons. The third-order valence-corrected chi connectivity index (χ3v) is 5.54. The summed E-state index contributed by atoms with van der Waals surface area (Å²) in [7, 11) is 0. The molecule has 0 spiro atoms. The zero-order chi connectivity index (χ0) is 17.5. The molecular formula is C20H33N5. The quantitative estimate of drug-likeness (QED) is 0.637. The first kappa shape index (κ1) is 18.1. The molecule has 5 heteroatoms. The number of para-hydroxylation sites is 1. The number of rotatable bonds is 5. The first-order chi connectivity index (χ1) is 12.2. The summed E-state index contributed by atoms with van der Waals surface area (Å²) >= 11 is 0. The Bertz CT molecular complexity index is 530. The van der Waals surface area contributed by atoms with Crippen LogP contribution >= 0.6 is 0 Å². The summed E-state index contributed by atoms with van der Waals surface area (Å²) in [6, 6.07) is 11.7. The highest BCUT2D eigenvalue weighted by molar-refractivity contribution is 5.78. The van der Waals surface area contributed by atoms with E-state index in [1.54, 1.807) is 0 Å². The predicted octanol–water partition coefficient (Wildman–Crippen LogP) is 2.43. The van der Waals surface area contributed by atoms with Gasteiger partial charge in [0.25, 0.3) is 0 Å². The molecule has 1 saturated heterocycles. The lowest BCUT2D eigenvalue weighted by Gasteiger charge is -2.38. The molecule has 0 amide bonds. The summed E-state index contributed by atoms with van der Waals surface area (Å²) in [5.74, 6) is 0.627. The Morgan fingerprint density at radius 3 is 2.48 bits per heavy atom. The largest absolute Gasteiger partial charge is 0.370 e. The Labute approximate surface area is 152 Å². The molecular weight excluding hydrogens is 310 g/mol. The van der Waals surface area contributed by atoms with Gasteiger partial charge in [0, 0.05) is 44.0 Å². The molecule has 2 aliphatic rings. The number of nitrogens with one attached hydrogen (secondary N) is 1. The predicted molar refractivity (Wildman–Crippen MR) is 106 cm³/mol. The van der Waals surface area contributed by atoms with E-state index in [-0.39, 0.29) is 0 Å². The van der Waals surface area contributed by atoms with Gasteiger partial charge in [0.05, 0.1) is 6.54 Å². The van der Waals surface area contributed by atoms with Gasteiger partial charge >= 0.3 is 0 Å². The van der Waals surface area contributed by atoms with Crippen molar-refractivity contribution in [2.24, 2.45) is 10.7 Å². The van der Waals surface area contributed by atoms with Gasteiger partial charge in [0.1, 0.15) is 0 Å². The molecule has 0 radical (unpaired) electrons. The van der Waals surface area contributed by atoms with Gasteiger partial charge in [-0.15, -0.1) is 0 Å². The van der Waals surface area contributed by atoms with Crippen LogP contribution < -0.4 is 16.0 Å². The summed E-state index contributed by atoms with van der Waals surface area (Å²) in [6.45, 7) is 7.36. The molecule has 1 atom stereocenters. The van der Waals surface area contributed by atoms with Gasteiger partial charge in [0.2, 0.25) is 0 Å². The lowest BCUT2D eigenvalue weighted by atomic mass is 9.96. The maximum atomic E-state index is 6.09. The average Bonchev–Trinajstić information content (AvgIpc) is 2.68. The van der Waals surface area contributed by atoms with E-state index >= 15 is 0 Å². The van der Waals surface area contributed by atoms with Crippen molar-refractivity contribution in [3.8, 4) is 0 Å². The molecule has 1 aliphatic heterocycles. The third-order valence-electron chi connectivity index (χ3n) is 5.54. The lowest BCUT2D eigenvalue weighted by molar-refractivity contribution is 0.201. The van der Waals surface area contributed by atoms with Crippen molar-refractivity contribution >= 4 is 11.6 Å². The van der Waals surface area contributed by atoms with Crippen molar-refractivity contribution in [1.29, 1.82) is 0 Å². The Balaban J connectivity index is 1.41. The van der Waals surface area contributed by atoms with Gasteiger partial charge in [0.15, 0.2) is 5.96 Å². The molecule has 2 fully saturated rings. The lowest BCUT2D eigenvalue weighted by Crippen LogP contribution is -2.50. The van der Waals surface area contributed by atoms with Gasteiger partial charge in [-0.1, -0.05) is 37.5 Å². The van der Waals surface area contributed by atoms with Crippen molar-refractivity contribution in [3.05, 3.63) is 30.3 Å². The minimum atomic E-state index is 0.435. The van der Waals surface area contributed by atoms with Crippen LogP contribution in [0.1, 0.15) is 39.0 Å². The van der Waals surface area contributed by atoms with Crippen molar-refractivity contribution in [1.82, 2.24) is 10.2 Å². The molecule has 1 aromatic carbocycles. The molecule has 5 nitrogen and oxygen atoms in total. The van der Waals surface area contributed by atoms with Crippen molar-refractivity contribution in [2.75, 3.05) is 37.6 Å². The van der Waals surface area contributed by atoms with Crippen LogP contribution in [0.4, 0.5) is 5.69 Å². The second kappa shape index (κ2) is 9.09. The number of hydrogen-bond acceptors (Lipinski definition) is 3. The van der Waals surface area contributed by atoms with Crippen LogP contribution in [0.2, 0.25) is 0 Å². The molecule has 3 rings (SSSR count). The minimum Gasteiger partial charge on any atom is -0.370 e. The van der Waals surface area contributed by atoms with Crippen LogP contribution in [-0.2, 0) is 0 Å². The Morgan fingerprint density at radius 2 is 1.80 bits per heavy atom. The van der Waals surface area contributed by atoms with Crippen LogP contribution in [0, 0.1) is 0 Å². The number of guanidine groups is 1. The van der Waals surface area contributed by atoms with E-state index in [4.69, 9.17) is 5.73 Å². The number of benzene rings is 1. The van der Waals surface area contributed by atoms with Gasteiger partial charge < -0.3 is 16.0 Å². The Hall–Kier alpha value is -1.75. The fourth-order valence-electron chi connectivity index (χ4n) is 3.91. The first-order valence-electron chi connectivity index (χ1n) is 9.83. The zero-order valence-corrected chi connectivity index (χ0v) is 15.5. The zero-order valence-electron chi connectivity index (χ0n) is 15.5. The maximum absolute atomic E-state index is 6.09. The Morgan fingerprint density at radius 1 is 1.12 bits per heavy atom. The SMILES string of the molecule is CC(CN=C(N)NC1CCCCC1)N1CCN(c2ccccc2)CC1. The van der Waals surface area contributed by atoms with Crippen molar-refractivity contribution in [3.63, 3.8) is 0 Å². The van der Waals surface area contributed by atoms with E-state index in [1.165, 1.54) is 37.8 Å². The van der Waals surface area contributed by atoms with Crippen LogP contribution in [0.3, 0.4) is 0 Å². The number of nitrogens with zero attached hydrogens (tertiary/aromatic N) is 3. The fourth-order valence-corrected chi connectivity index (χ4v) is 3.91. The summed E-state index contributed by atoms with van der Waals surface area (Å²) in [5, 5.41) is 3.41. The maximum Gasteiger partial charge on any atom is 0.188 e. The smallest absolute Gasteiger partial charge is 0.188 e. The van der Waals surface area contributed by atoms with E-state index in [0.717, 1.165) is 32.7 Å². The molecule has 0 aromatic heterocycles. The number of anilines is 1. The number of aliphatic imine (C=N–C) groups is 1. The average molecular weight is 344 g/mol. The highest BCUT2D eigenvalue weighted by Gasteiger charge is 2.21. The molecule has 1 aliphatic carbocycles. The molecule has 25 heavy (non-hydrogen) atoms. The van der Waals surface area contributed by atoms with E-state index in [1.807, 2.05) is 0 Å².